The molecule has 1 N–H and O–H groups in total. The van der Waals surface area contributed by atoms with E-state index in [0.717, 1.165) is 18.2 Å². The van der Waals surface area contributed by atoms with Crippen LogP contribution in [0.1, 0.15) is 17.9 Å². The van der Waals surface area contributed by atoms with Gasteiger partial charge in [0.05, 0.1) is 0 Å². The highest BCUT2D eigenvalue weighted by Gasteiger charge is 2.16. The van der Waals surface area contributed by atoms with Crippen LogP contribution in [0.3, 0.4) is 0 Å². The van der Waals surface area contributed by atoms with Crippen molar-refractivity contribution >= 4 is 11.8 Å². The Balaban J connectivity index is 2.12. The molecule has 0 amide bonds. The molecule has 0 saturated carbocycles. The Labute approximate surface area is 82.4 Å². The van der Waals surface area contributed by atoms with Crippen LogP contribution in [0.5, 0.6) is 0 Å². The molecule has 3 nitrogen and oxygen atoms in total. The van der Waals surface area contributed by atoms with E-state index in [4.69, 9.17) is 0 Å². The molecule has 1 aromatic rings. The second kappa shape index (κ2) is 4.07. The normalized spacial score (nSPS) is 22.1. The molecule has 13 heavy (non-hydrogen) atoms. The molecule has 0 bridgehead atoms. The van der Waals surface area contributed by atoms with Crippen LogP contribution in [0.25, 0.3) is 0 Å². The number of hydrogen-bond donors (Lipinski definition) is 1. The Morgan fingerprint density at radius 1 is 1.46 bits per heavy atom. The molecule has 4 heteroatoms. The van der Waals surface area contributed by atoms with E-state index < -0.39 is 0 Å². The number of thioether (sulfide) groups is 1. The number of nitrogens with zero attached hydrogens (tertiary/aromatic N) is 2. The van der Waals surface area contributed by atoms with Crippen LogP contribution in [0, 0.1) is 0 Å². The van der Waals surface area contributed by atoms with Crippen molar-refractivity contribution < 1.29 is 0 Å². The smallest absolute Gasteiger partial charge is 0.187 e. The SMILES string of the molecule is CSc1ncc(C2CCNC2)cn1. The first-order valence-corrected chi connectivity index (χ1v) is 5.69. The van der Waals surface area contributed by atoms with Crippen LogP contribution >= 0.6 is 11.8 Å². The van der Waals surface area contributed by atoms with Crippen LogP contribution < -0.4 is 5.32 Å². The van der Waals surface area contributed by atoms with Gasteiger partial charge in [-0.05, 0) is 24.8 Å². The molecular formula is C9H13N3S. The van der Waals surface area contributed by atoms with E-state index in [1.807, 2.05) is 18.6 Å². The fraction of sp³-hybridized carbons (Fsp3) is 0.556. The van der Waals surface area contributed by atoms with E-state index in [1.54, 1.807) is 11.8 Å². The second-order valence-electron chi connectivity index (χ2n) is 3.19. The van der Waals surface area contributed by atoms with Crippen molar-refractivity contribution in [3.05, 3.63) is 18.0 Å². The Morgan fingerprint density at radius 3 is 2.77 bits per heavy atom. The molecule has 1 atom stereocenters. The molecule has 2 heterocycles. The molecule has 70 valence electrons. The maximum Gasteiger partial charge on any atom is 0.187 e. The molecule has 1 aliphatic heterocycles. The van der Waals surface area contributed by atoms with Gasteiger partial charge in [0, 0.05) is 24.9 Å². The summed E-state index contributed by atoms with van der Waals surface area (Å²) in [5.41, 5.74) is 1.27. The summed E-state index contributed by atoms with van der Waals surface area (Å²) in [6, 6.07) is 0. The van der Waals surface area contributed by atoms with Crippen molar-refractivity contribution in [1.29, 1.82) is 0 Å². The maximum atomic E-state index is 4.27. The van der Waals surface area contributed by atoms with Gasteiger partial charge in [-0.25, -0.2) is 9.97 Å². The lowest BCUT2D eigenvalue weighted by Gasteiger charge is -2.06. The van der Waals surface area contributed by atoms with Gasteiger partial charge in [-0.3, -0.25) is 0 Å². The van der Waals surface area contributed by atoms with E-state index in [0.29, 0.717) is 5.92 Å². The number of aromatic nitrogens is 2. The third-order valence-corrected chi connectivity index (χ3v) is 2.94. The fourth-order valence-corrected chi connectivity index (χ4v) is 1.90. The highest BCUT2D eigenvalue weighted by Crippen LogP contribution is 2.21. The largest absolute Gasteiger partial charge is 0.316 e. The van der Waals surface area contributed by atoms with Gasteiger partial charge < -0.3 is 5.32 Å². The summed E-state index contributed by atoms with van der Waals surface area (Å²) in [5, 5.41) is 4.19. The zero-order valence-corrected chi connectivity index (χ0v) is 8.47. The molecule has 0 spiro atoms. The highest BCUT2D eigenvalue weighted by atomic mass is 32.2. The van der Waals surface area contributed by atoms with Crippen LogP contribution in [0.2, 0.25) is 0 Å². The molecule has 1 aliphatic rings. The van der Waals surface area contributed by atoms with E-state index >= 15 is 0 Å². The summed E-state index contributed by atoms with van der Waals surface area (Å²) in [6.45, 7) is 2.19. The van der Waals surface area contributed by atoms with Crippen LogP contribution in [0.15, 0.2) is 17.6 Å². The summed E-state index contributed by atoms with van der Waals surface area (Å²) in [4.78, 5) is 8.53. The highest BCUT2D eigenvalue weighted by molar-refractivity contribution is 7.98. The molecular weight excluding hydrogens is 182 g/mol. The first kappa shape index (κ1) is 8.97. The summed E-state index contributed by atoms with van der Waals surface area (Å²) >= 11 is 1.58. The van der Waals surface area contributed by atoms with Gasteiger partial charge in [-0.15, -0.1) is 0 Å². The molecule has 1 saturated heterocycles. The van der Waals surface area contributed by atoms with E-state index in [9.17, 15) is 0 Å². The van der Waals surface area contributed by atoms with Gasteiger partial charge in [-0.2, -0.15) is 0 Å². The lowest BCUT2D eigenvalue weighted by Crippen LogP contribution is -2.08. The topological polar surface area (TPSA) is 37.8 Å². The molecule has 0 radical (unpaired) electrons. The van der Waals surface area contributed by atoms with Crippen molar-refractivity contribution in [3.63, 3.8) is 0 Å². The summed E-state index contributed by atoms with van der Waals surface area (Å²) < 4.78 is 0. The number of nitrogens with one attached hydrogen (secondary N) is 1. The average Bonchev–Trinajstić information content (AvgIpc) is 2.71. The molecule has 1 unspecified atom stereocenters. The third kappa shape index (κ3) is 2.00. The summed E-state index contributed by atoms with van der Waals surface area (Å²) in [6.07, 6.45) is 7.11. The predicted molar refractivity (Wildman–Crippen MR) is 54.0 cm³/mol. The van der Waals surface area contributed by atoms with E-state index in [2.05, 4.69) is 15.3 Å². The van der Waals surface area contributed by atoms with Crippen molar-refractivity contribution in [2.75, 3.05) is 19.3 Å². The summed E-state index contributed by atoms with van der Waals surface area (Å²) in [5.74, 6) is 0.621. The zero-order valence-electron chi connectivity index (χ0n) is 7.66. The minimum Gasteiger partial charge on any atom is -0.316 e. The Bertz CT molecular complexity index is 267. The minimum absolute atomic E-state index is 0.621. The van der Waals surface area contributed by atoms with E-state index in [1.165, 1.54) is 12.0 Å². The van der Waals surface area contributed by atoms with Crippen molar-refractivity contribution in [2.45, 2.75) is 17.5 Å². The molecule has 0 aromatic carbocycles. The first-order valence-electron chi connectivity index (χ1n) is 4.47. The lowest BCUT2D eigenvalue weighted by molar-refractivity contribution is 0.742. The zero-order chi connectivity index (χ0) is 9.10. The Kier molecular flexibility index (Phi) is 2.80. The molecule has 2 rings (SSSR count). The van der Waals surface area contributed by atoms with Gasteiger partial charge in [-0.1, -0.05) is 11.8 Å². The Hall–Kier alpha value is -0.610. The molecule has 1 aromatic heterocycles. The fourth-order valence-electron chi connectivity index (χ4n) is 1.58. The van der Waals surface area contributed by atoms with Crippen LogP contribution in [-0.4, -0.2) is 29.3 Å². The minimum atomic E-state index is 0.621. The van der Waals surface area contributed by atoms with Gasteiger partial charge >= 0.3 is 0 Å². The van der Waals surface area contributed by atoms with Crippen LogP contribution in [0.4, 0.5) is 0 Å². The van der Waals surface area contributed by atoms with Gasteiger partial charge in [0.2, 0.25) is 0 Å². The van der Waals surface area contributed by atoms with Crippen molar-refractivity contribution in [1.82, 2.24) is 15.3 Å². The molecule has 0 aliphatic carbocycles. The van der Waals surface area contributed by atoms with Crippen LogP contribution in [-0.2, 0) is 0 Å². The number of hydrogen-bond acceptors (Lipinski definition) is 4. The molecule has 1 fully saturated rings. The standard InChI is InChI=1S/C9H13N3S/c1-13-9-11-5-8(6-12-9)7-2-3-10-4-7/h5-7,10H,2-4H2,1H3. The second-order valence-corrected chi connectivity index (χ2v) is 3.97. The lowest BCUT2D eigenvalue weighted by atomic mass is 10.0. The third-order valence-electron chi connectivity index (χ3n) is 2.36. The first-order chi connectivity index (χ1) is 6.40. The average molecular weight is 195 g/mol. The van der Waals surface area contributed by atoms with Crippen molar-refractivity contribution in [3.8, 4) is 0 Å². The van der Waals surface area contributed by atoms with Gasteiger partial charge in [0.25, 0.3) is 0 Å². The van der Waals surface area contributed by atoms with Gasteiger partial charge in [0.15, 0.2) is 5.16 Å². The predicted octanol–water partition coefficient (Wildman–Crippen LogP) is 1.28. The van der Waals surface area contributed by atoms with Gasteiger partial charge in [0.1, 0.15) is 0 Å². The monoisotopic (exact) mass is 195 g/mol. The van der Waals surface area contributed by atoms with E-state index in [-0.39, 0.29) is 0 Å². The quantitative estimate of drug-likeness (QED) is 0.570. The number of rotatable bonds is 2. The maximum absolute atomic E-state index is 4.27. The Morgan fingerprint density at radius 2 is 2.23 bits per heavy atom. The van der Waals surface area contributed by atoms with Crippen molar-refractivity contribution in [2.24, 2.45) is 0 Å². The summed E-state index contributed by atoms with van der Waals surface area (Å²) in [7, 11) is 0.